The van der Waals surface area contributed by atoms with Crippen LogP contribution in [0.2, 0.25) is 0 Å². The maximum atomic E-state index is 11.9. The van der Waals surface area contributed by atoms with Crippen LogP contribution in [-0.4, -0.2) is 49.6 Å². The lowest BCUT2D eigenvalue weighted by Gasteiger charge is -2.28. The van der Waals surface area contributed by atoms with Gasteiger partial charge in [0.1, 0.15) is 0 Å². The second-order valence-corrected chi connectivity index (χ2v) is 6.35. The van der Waals surface area contributed by atoms with Gasteiger partial charge in [0, 0.05) is 19.5 Å². The molecule has 0 spiro atoms. The van der Waals surface area contributed by atoms with E-state index < -0.39 is 11.5 Å². The van der Waals surface area contributed by atoms with Gasteiger partial charge in [0.25, 0.3) is 0 Å². The quantitative estimate of drug-likeness (QED) is 0.365. The van der Waals surface area contributed by atoms with Gasteiger partial charge in [0.15, 0.2) is 5.56 Å². The molecule has 0 radical (unpaired) electrons. The van der Waals surface area contributed by atoms with Crippen molar-refractivity contribution in [2.75, 3.05) is 27.2 Å². The van der Waals surface area contributed by atoms with E-state index in [1.165, 1.54) is 20.0 Å². The average molecular weight is 346 g/mol. The highest BCUT2D eigenvalue weighted by Gasteiger charge is 2.28. The summed E-state index contributed by atoms with van der Waals surface area (Å²) in [6, 6.07) is 0. The molecule has 5 nitrogen and oxygen atoms in total. The minimum Gasteiger partial charge on any atom is -0.466 e. The number of halogens is 1. The van der Waals surface area contributed by atoms with E-state index in [4.69, 9.17) is 21.1 Å². The molecule has 1 unspecified atom stereocenters. The van der Waals surface area contributed by atoms with Crippen molar-refractivity contribution < 1.29 is 19.1 Å². The Bertz CT molecular complexity index is 436. The zero-order valence-corrected chi connectivity index (χ0v) is 15.2. The van der Waals surface area contributed by atoms with Crippen LogP contribution in [0, 0.1) is 0 Å². The van der Waals surface area contributed by atoms with Crippen molar-refractivity contribution in [2.24, 2.45) is 0 Å². The molecule has 1 heterocycles. The van der Waals surface area contributed by atoms with Gasteiger partial charge in [-0.05, 0) is 25.5 Å². The molecule has 0 aliphatic carbocycles. The molecule has 0 saturated heterocycles. The van der Waals surface area contributed by atoms with Crippen molar-refractivity contribution in [3.63, 3.8) is 0 Å². The van der Waals surface area contributed by atoms with Gasteiger partial charge in [-0.3, -0.25) is 4.79 Å². The second kappa shape index (κ2) is 10.7. The summed E-state index contributed by atoms with van der Waals surface area (Å²) in [7, 11) is 3.26. The number of carbonyl (C=O) groups excluding carboxylic acids is 2. The van der Waals surface area contributed by atoms with Crippen molar-refractivity contribution in [3.8, 4) is 0 Å². The summed E-state index contributed by atoms with van der Waals surface area (Å²) in [5.41, 5.74) is 0.272. The third kappa shape index (κ3) is 6.92. The van der Waals surface area contributed by atoms with Gasteiger partial charge in [-0.25, -0.2) is 4.79 Å². The minimum atomic E-state index is -0.888. The maximum absolute atomic E-state index is 11.9. The molecular formula is C17H28ClNO4. The molecule has 0 saturated carbocycles. The van der Waals surface area contributed by atoms with E-state index in [0.29, 0.717) is 30.5 Å². The predicted octanol–water partition coefficient (Wildman–Crippen LogP) is 3.26. The topological polar surface area (TPSA) is 55.8 Å². The number of nitrogens with zero attached hydrogens (tertiary/aromatic N) is 1. The Labute approximate surface area is 143 Å². The van der Waals surface area contributed by atoms with Gasteiger partial charge in [-0.1, -0.05) is 44.2 Å². The Morgan fingerprint density at radius 2 is 1.96 bits per heavy atom. The summed E-state index contributed by atoms with van der Waals surface area (Å²) in [6.45, 7) is 3.38. The van der Waals surface area contributed by atoms with Crippen molar-refractivity contribution in [1.29, 1.82) is 0 Å². The van der Waals surface area contributed by atoms with Gasteiger partial charge in [-0.15, -0.1) is 0 Å². The normalized spacial score (nSPS) is 17.0. The summed E-state index contributed by atoms with van der Waals surface area (Å²) in [4.78, 5) is 25.8. The maximum Gasteiger partial charge on any atom is 0.335 e. The van der Waals surface area contributed by atoms with Gasteiger partial charge in [-0.2, -0.15) is 0 Å². The molecule has 0 N–H and O–H groups in total. The highest BCUT2D eigenvalue weighted by atomic mass is 35.5. The molecule has 1 rings (SSSR count). The zero-order valence-electron chi connectivity index (χ0n) is 14.4. The number of carbonyl (C=O) groups is 2. The van der Waals surface area contributed by atoms with Crippen LogP contribution in [0.4, 0.5) is 0 Å². The number of rotatable bonds is 9. The highest BCUT2D eigenvalue weighted by molar-refractivity contribution is 6.22. The summed E-state index contributed by atoms with van der Waals surface area (Å²) < 4.78 is 10.1. The molecule has 6 heteroatoms. The Morgan fingerprint density at radius 1 is 1.26 bits per heavy atom. The fraction of sp³-hybridized carbons (Fsp3) is 0.765. The summed E-state index contributed by atoms with van der Waals surface area (Å²) in [6.07, 6.45) is 6.30. The molecule has 132 valence electrons. The van der Waals surface area contributed by atoms with E-state index in [1.54, 1.807) is 0 Å². The Kier molecular flexibility index (Phi) is 9.26. The van der Waals surface area contributed by atoms with E-state index in [2.05, 4.69) is 6.92 Å². The van der Waals surface area contributed by atoms with Crippen LogP contribution in [0.25, 0.3) is 0 Å². The smallest absolute Gasteiger partial charge is 0.335 e. The molecular weight excluding hydrogens is 318 g/mol. The van der Waals surface area contributed by atoms with Gasteiger partial charge in [0.05, 0.1) is 12.7 Å². The molecule has 0 bridgehead atoms. The number of likely N-dealkylation sites (N-methyl/N-ethyl adjacent to an activating group) is 1. The first kappa shape index (κ1) is 20.0. The number of hydrogen-bond acceptors (Lipinski definition) is 5. The van der Waals surface area contributed by atoms with Crippen LogP contribution in [0.1, 0.15) is 51.9 Å². The van der Waals surface area contributed by atoms with Crippen LogP contribution in [0.15, 0.2) is 11.1 Å². The first-order chi connectivity index (χ1) is 11.0. The van der Waals surface area contributed by atoms with Crippen molar-refractivity contribution in [3.05, 3.63) is 11.1 Å². The number of methoxy groups -OCH3 is 1. The largest absolute Gasteiger partial charge is 0.466 e. The lowest BCUT2D eigenvalue weighted by molar-refractivity contribution is -0.145. The predicted molar refractivity (Wildman–Crippen MR) is 90.3 cm³/mol. The molecule has 0 aromatic rings. The number of ether oxygens (including phenoxy) is 2. The summed E-state index contributed by atoms with van der Waals surface area (Å²) in [5, 5.41) is 0. The molecule has 23 heavy (non-hydrogen) atoms. The standard InChI is InChI=1S/C17H28ClNO4/c1-4-5-6-7-8-9-15(20)23-16(18)13-10-11-19(2)12-14(13)17(21)22-3/h16H,4-12H2,1-3H3. The molecule has 0 aromatic heterocycles. The number of alkyl halides is 1. The summed E-state index contributed by atoms with van der Waals surface area (Å²) in [5.74, 6) is -0.718. The van der Waals surface area contributed by atoms with Crippen LogP contribution >= 0.6 is 11.6 Å². The Morgan fingerprint density at radius 3 is 2.61 bits per heavy atom. The third-order valence-electron chi connectivity index (χ3n) is 4.00. The van der Waals surface area contributed by atoms with E-state index in [1.807, 2.05) is 11.9 Å². The average Bonchev–Trinajstić information content (AvgIpc) is 2.53. The molecule has 0 fully saturated rings. The van der Waals surface area contributed by atoms with Crippen molar-refractivity contribution >= 4 is 23.5 Å². The number of esters is 2. The van der Waals surface area contributed by atoms with Crippen LogP contribution in [-0.2, 0) is 19.1 Å². The Hall–Kier alpha value is -1.07. The van der Waals surface area contributed by atoms with Gasteiger partial charge < -0.3 is 14.4 Å². The first-order valence-electron chi connectivity index (χ1n) is 8.31. The minimum absolute atomic E-state index is 0.308. The fourth-order valence-electron chi connectivity index (χ4n) is 2.60. The van der Waals surface area contributed by atoms with E-state index >= 15 is 0 Å². The van der Waals surface area contributed by atoms with Crippen molar-refractivity contribution in [2.45, 2.75) is 57.4 Å². The van der Waals surface area contributed by atoms with Gasteiger partial charge >= 0.3 is 11.9 Å². The fourth-order valence-corrected chi connectivity index (χ4v) is 2.94. The van der Waals surface area contributed by atoms with E-state index in [-0.39, 0.29) is 5.97 Å². The van der Waals surface area contributed by atoms with E-state index in [9.17, 15) is 9.59 Å². The SMILES string of the molecule is CCCCCCCC(=O)OC(Cl)C1=C(C(=O)OC)CN(C)CC1. The highest BCUT2D eigenvalue weighted by Crippen LogP contribution is 2.26. The number of unbranched alkanes of at least 4 members (excludes halogenated alkanes) is 4. The van der Waals surface area contributed by atoms with Crippen LogP contribution < -0.4 is 0 Å². The Balaban J connectivity index is 2.54. The first-order valence-corrected chi connectivity index (χ1v) is 8.75. The van der Waals surface area contributed by atoms with Crippen molar-refractivity contribution in [1.82, 2.24) is 4.90 Å². The lowest BCUT2D eigenvalue weighted by Crippen LogP contribution is -2.34. The molecule has 0 amide bonds. The van der Waals surface area contributed by atoms with Crippen LogP contribution in [0.3, 0.4) is 0 Å². The van der Waals surface area contributed by atoms with Gasteiger partial charge in [0.2, 0.25) is 0 Å². The van der Waals surface area contributed by atoms with Crippen LogP contribution in [0.5, 0.6) is 0 Å². The summed E-state index contributed by atoms with van der Waals surface area (Å²) >= 11 is 6.23. The molecule has 1 aliphatic rings. The monoisotopic (exact) mass is 345 g/mol. The second-order valence-electron chi connectivity index (χ2n) is 5.95. The number of hydrogen-bond donors (Lipinski definition) is 0. The zero-order chi connectivity index (χ0) is 17.2. The molecule has 1 atom stereocenters. The lowest BCUT2D eigenvalue weighted by atomic mass is 10.0. The third-order valence-corrected chi connectivity index (χ3v) is 4.36. The molecule has 1 aliphatic heterocycles. The van der Waals surface area contributed by atoms with E-state index in [0.717, 1.165) is 25.8 Å². The molecule has 0 aromatic carbocycles.